The smallest absolute Gasteiger partial charge is 0.326 e. The summed E-state index contributed by atoms with van der Waals surface area (Å²) in [6.07, 6.45) is 3.00. The van der Waals surface area contributed by atoms with Crippen LogP contribution in [0.2, 0.25) is 5.02 Å². The van der Waals surface area contributed by atoms with Gasteiger partial charge in [-0.3, -0.25) is 15.0 Å². The number of halogens is 1. The molecule has 3 N–H and O–H groups in total. The molecule has 1 aromatic carbocycles. The molecule has 0 bridgehead atoms. The first-order valence-electron chi connectivity index (χ1n) is 9.31. The predicted molar refractivity (Wildman–Crippen MR) is 101 cm³/mol. The van der Waals surface area contributed by atoms with Crippen LogP contribution in [0.25, 0.3) is 0 Å². The van der Waals surface area contributed by atoms with Crippen LogP contribution in [0.1, 0.15) is 38.2 Å². The van der Waals surface area contributed by atoms with Gasteiger partial charge >= 0.3 is 6.03 Å². The first-order valence-corrected chi connectivity index (χ1v) is 9.69. The van der Waals surface area contributed by atoms with Gasteiger partial charge in [-0.2, -0.15) is 5.01 Å². The molecule has 1 aliphatic carbocycles. The van der Waals surface area contributed by atoms with E-state index in [2.05, 4.69) is 17.7 Å². The maximum atomic E-state index is 12.8. The molecule has 0 aromatic heterocycles. The third-order valence-electron chi connectivity index (χ3n) is 5.44. The summed E-state index contributed by atoms with van der Waals surface area (Å²) in [5, 5.41) is 4.30. The Labute approximate surface area is 164 Å². The number of hydrogen-bond acceptors (Lipinski definition) is 3. The van der Waals surface area contributed by atoms with Gasteiger partial charge in [-0.05, 0) is 37.7 Å². The summed E-state index contributed by atoms with van der Waals surface area (Å²) in [5.41, 5.74) is 2.56. The van der Waals surface area contributed by atoms with Crippen LogP contribution in [0, 0.1) is 5.92 Å². The second-order valence-electron chi connectivity index (χ2n) is 7.77. The van der Waals surface area contributed by atoms with Crippen molar-refractivity contribution < 1.29 is 19.3 Å². The molecular weight excluding hydrogens is 368 g/mol. The van der Waals surface area contributed by atoms with Crippen molar-refractivity contribution in [2.45, 2.75) is 44.7 Å². The molecule has 1 heterocycles. The van der Waals surface area contributed by atoms with E-state index in [1.54, 1.807) is 0 Å². The molecule has 1 saturated carbocycles. The van der Waals surface area contributed by atoms with Gasteiger partial charge in [0.2, 0.25) is 0 Å². The Balaban J connectivity index is 1.57. The van der Waals surface area contributed by atoms with Crippen molar-refractivity contribution in [3.63, 3.8) is 0 Å². The molecule has 146 valence electrons. The Morgan fingerprint density at radius 1 is 1.33 bits per heavy atom. The summed E-state index contributed by atoms with van der Waals surface area (Å²) >= 11 is 6.15. The van der Waals surface area contributed by atoms with E-state index in [4.69, 9.17) is 11.6 Å². The third-order valence-corrected chi connectivity index (χ3v) is 5.81. The summed E-state index contributed by atoms with van der Waals surface area (Å²) in [5.74, 6) is -0.188. The number of nitrogens with zero attached hydrogens (tertiary/aromatic N) is 1. The second kappa shape index (κ2) is 7.86. The van der Waals surface area contributed by atoms with Crippen LogP contribution in [0.15, 0.2) is 24.3 Å². The van der Waals surface area contributed by atoms with Gasteiger partial charge in [0.25, 0.3) is 11.8 Å². The molecule has 27 heavy (non-hydrogen) atoms. The average molecular weight is 394 g/mol. The number of amides is 4. The Kier molecular flexibility index (Phi) is 5.72. The highest BCUT2D eigenvalue weighted by molar-refractivity contribution is 6.31. The summed E-state index contributed by atoms with van der Waals surface area (Å²) in [6.45, 7) is 2.83. The highest BCUT2D eigenvalue weighted by Gasteiger charge is 2.52. The fourth-order valence-corrected chi connectivity index (χ4v) is 3.99. The van der Waals surface area contributed by atoms with E-state index in [-0.39, 0.29) is 18.4 Å². The molecule has 1 spiro atoms. The van der Waals surface area contributed by atoms with Crippen molar-refractivity contribution in [1.82, 2.24) is 15.8 Å². The van der Waals surface area contributed by atoms with E-state index in [1.807, 2.05) is 31.3 Å². The quantitative estimate of drug-likeness (QED) is 0.649. The lowest BCUT2D eigenvalue weighted by atomic mass is 9.77. The lowest BCUT2D eigenvalue weighted by Crippen LogP contribution is -3.09. The van der Waals surface area contributed by atoms with E-state index in [1.165, 1.54) is 0 Å². The van der Waals surface area contributed by atoms with Crippen LogP contribution in [0.4, 0.5) is 4.79 Å². The van der Waals surface area contributed by atoms with Crippen molar-refractivity contribution in [2.24, 2.45) is 5.92 Å². The SMILES string of the molecule is CC1CCC2(CC1)NC(=O)N(NC(=O)C[NH+](C)Cc1ccccc1Cl)C2=O. The summed E-state index contributed by atoms with van der Waals surface area (Å²) < 4.78 is 0. The molecule has 1 unspecified atom stereocenters. The zero-order valence-electron chi connectivity index (χ0n) is 15.7. The van der Waals surface area contributed by atoms with Crippen LogP contribution in [0.3, 0.4) is 0 Å². The lowest BCUT2D eigenvalue weighted by Gasteiger charge is -2.33. The van der Waals surface area contributed by atoms with Crippen molar-refractivity contribution in [1.29, 1.82) is 0 Å². The fourth-order valence-electron chi connectivity index (χ4n) is 3.78. The van der Waals surface area contributed by atoms with Crippen molar-refractivity contribution >= 4 is 29.4 Å². The van der Waals surface area contributed by atoms with Gasteiger partial charge in [0.1, 0.15) is 12.1 Å². The summed E-state index contributed by atoms with van der Waals surface area (Å²) in [6, 6.07) is 6.92. The van der Waals surface area contributed by atoms with Gasteiger partial charge < -0.3 is 10.2 Å². The topological polar surface area (TPSA) is 83.0 Å². The number of quaternary nitrogens is 1. The summed E-state index contributed by atoms with van der Waals surface area (Å²) in [4.78, 5) is 38.3. The number of benzene rings is 1. The molecule has 1 saturated heterocycles. The Bertz CT molecular complexity index is 746. The Hall–Kier alpha value is -2.12. The van der Waals surface area contributed by atoms with Crippen molar-refractivity contribution in [3.8, 4) is 0 Å². The number of nitrogens with one attached hydrogen (secondary N) is 3. The number of likely N-dealkylation sites (N-methyl/N-ethyl adjacent to an activating group) is 1. The van der Waals surface area contributed by atoms with Crippen LogP contribution < -0.4 is 15.6 Å². The fraction of sp³-hybridized carbons (Fsp3) is 0.526. The Morgan fingerprint density at radius 2 is 2.00 bits per heavy atom. The molecule has 8 heteroatoms. The first kappa shape index (κ1) is 19.6. The first-order chi connectivity index (χ1) is 12.8. The van der Waals surface area contributed by atoms with Crippen LogP contribution in [0.5, 0.6) is 0 Å². The second-order valence-corrected chi connectivity index (χ2v) is 8.18. The Morgan fingerprint density at radius 3 is 2.67 bits per heavy atom. The van der Waals surface area contributed by atoms with Crippen molar-refractivity contribution in [3.05, 3.63) is 34.9 Å². The minimum absolute atomic E-state index is 0.117. The normalized spacial score (nSPS) is 26.2. The number of rotatable bonds is 5. The zero-order valence-corrected chi connectivity index (χ0v) is 16.4. The standard InChI is InChI=1S/C19H25ClN4O3/c1-13-7-9-19(10-8-13)17(26)24(18(27)21-19)22-16(25)12-23(2)11-14-5-3-4-6-15(14)20/h3-6,13H,7-12H2,1-2H3,(H,21,27)(H,22,25)/p+1. The van der Waals surface area contributed by atoms with Crippen LogP contribution >= 0.6 is 11.6 Å². The molecule has 4 amide bonds. The van der Waals surface area contributed by atoms with E-state index in [0.29, 0.717) is 30.3 Å². The number of carbonyl (C=O) groups excluding carboxylic acids is 3. The maximum absolute atomic E-state index is 12.8. The lowest BCUT2D eigenvalue weighted by molar-refractivity contribution is -0.885. The van der Waals surface area contributed by atoms with E-state index in [9.17, 15) is 14.4 Å². The number of urea groups is 1. The highest BCUT2D eigenvalue weighted by Crippen LogP contribution is 2.35. The number of hydrazine groups is 1. The van der Waals surface area contributed by atoms with Crippen LogP contribution in [-0.2, 0) is 16.1 Å². The number of imide groups is 1. The predicted octanol–water partition coefficient (Wildman–Crippen LogP) is 0.887. The summed E-state index contributed by atoms with van der Waals surface area (Å²) in [7, 11) is 1.86. The molecule has 2 fully saturated rings. The van der Waals surface area contributed by atoms with Gasteiger partial charge in [-0.25, -0.2) is 4.79 Å². The third kappa shape index (κ3) is 4.25. The van der Waals surface area contributed by atoms with Gasteiger partial charge in [-0.1, -0.05) is 36.7 Å². The van der Waals surface area contributed by atoms with E-state index in [0.717, 1.165) is 28.3 Å². The highest BCUT2D eigenvalue weighted by atomic mass is 35.5. The van der Waals surface area contributed by atoms with E-state index >= 15 is 0 Å². The monoisotopic (exact) mass is 393 g/mol. The minimum atomic E-state index is -0.854. The van der Waals surface area contributed by atoms with Gasteiger partial charge in [0.15, 0.2) is 6.54 Å². The van der Waals surface area contributed by atoms with Gasteiger partial charge in [0, 0.05) is 10.6 Å². The molecule has 7 nitrogen and oxygen atoms in total. The molecular formula is C19H26ClN4O3+. The molecule has 0 radical (unpaired) electrons. The van der Waals surface area contributed by atoms with Crippen molar-refractivity contribution in [2.75, 3.05) is 13.6 Å². The zero-order chi connectivity index (χ0) is 19.6. The minimum Gasteiger partial charge on any atom is -0.326 e. The van der Waals surface area contributed by atoms with E-state index < -0.39 is 11.6 Å². The number of hydrogen-bond donors (Lipinski definition) is 3. The van der Waals surface area contributed by atoms with Crippen LogP contribution in [-0.4, -0.2) is 42.0 Å². The van der Waals surface area contributed by atoms with Gasteiger partial charge in [0.05, 0.1) is 7.05 Å². The molecule has 1 aromatic rings. The molecule has 1 aliphatic heterocycles. The number of carbonyl (C=O) groups is 3. The largest absolute Gasteiger partial charge is 0.344 e. The average Bonchev–Trinajstić information content (AvgIpc) is 2.84. The molecule has 1 atom stereocenters. The molecule has 2 aliphatic rings. The molecule has 3 rings (SSSR count). The maximum Gasteiger partial charge on any atom is 0.344 e. The van der Waals surface area contributed by atoms with Gasteiger partial charge in [-0.15, -0.1) is 0 Å².